The molecule has 0 bridgehead atoms. The van der Waals surface area contributed by atoms with Crippen molar-refractivity contribution in [2.75, 3.05) is 20.6 Å². The zero-order valence-corrected chi connectivity index (χ0v) is 12.1. The number of benzene rings is 1. The average molecular weight is 243 g/mol. The van der Waals surface area contributed by atoms with Crippen LogP contribution in [0.1, 0.15) is 30.9 Å². The Hall–Kier alpha value is -1.34. The Balaban J connectivity index is 2.52. The lowest BCUT2D eigenvalue weighted by atomic mass is 9.99. The van der Waals surface area contributed by atoms with Crippen LogP contribution in [0.4, 0.5) is 0 Å². The minimum atomic E-state index is 0.599. The number of likely N-dealkylation sites (N-methyl/N-ethyl adjacent to an activating group) is 1. The van der Waals surface area contributed by atoms with Crippen LogP contribution in [0.2, 0.25) is 0 Å². The summed E-state index contributed by atoms with van der Waals surface area (Å²) in [6, 6.07) is 8.86. The molecule has 98 valence electrons. The van der Waals surface area contributed by atoms with E-state index >= 15 is 0 Å². The van der Waals surface area contributed by atoms with E-state index in [2.05, 4.69) is 75.8 Å². The Kier molecular flexibility index (Phi) is 5.87. The van der Waals surface area contributed by atoms with Crippen molar-refractivity contribution in [1.29, 1.82) is 0 Å². The predicted molar refractivity (Wildman–Crippen MR) is 81.1 cm³/mol. The molecule has 0 saturated heterocycles. The van der Waals surface area contributed by atoms with Crippen molar-refractivity contribution in [3.8, 4) is 0 Å². The van der Waals surface area contributed by atoms with Crippen LogP contribution in [0.15, 0.2) is 48.6 Å². The maximum atomic E-state index is 4.10. The summed E-state index contributed by atoms with van der Waals surface area (Å²) in [6.45, 7) is 9.50. The summed E-state index contributed by atoms with van der Waals surface area (Å²) in [5.41, 5.74) is 3.89. The zero-order chi connectivity index (χ0) is 13.5. The molecule has 1 nitrogen and oxygen atoms in total. The van der Waals surface area contributed by atoms with Crippen LogP contribution in [0, 0.1) is 0 Å². The van der Waals surface area contributed by atoms with Crippen LogP contribution < -0.4 is 0 Å². The van der Waals surface area contributed by atoms with Gasteiger partial charge in [-0.1, -0.05) is 62.4 Å². The monoisotopic (exact) mass is 243 g/mol. The summed E-state index contributed by atoms with van der Waals surface area (Å²) in [5, 5.41) is 0. The van der Waals surface area contributed by atoms with Gasteiger partial charge in [-0.15, -0.1) is 0 Å². The number of allylic oxidation sites excluding steroid dienone is 2. The van der Waals surface area contributed by atoms with Gasteiger partial charge in [-0.2, -0.15) is 0 Å². The Morgan fingerprint density at radius 3 is 2.33 bits per heavy atom. The largest absolute Gasteiger partial charge is 0.306 e. The van der Waals surface area contributed by atoms with E-state index in [1.165, 1.54) is 11.1 Å². The third-order valence-electron chi connectivity index (χ3n) is 2.90. The maximum absolute atomic E-state index is 4.10. The van der Waals surface area contributed by atoms with E-state index in [4.69, 9.17) is 0 Å². The molecule has 0 spiro atoms. The van der Waals surface area contributed by atoms with Crippen LogP contribution in [-0.4, -0.2) is 25.5 Å². The summed E-state index contributed by atoms with van der Waals surface area (Å²) < 4.78 is 0. The second-order valence-corrected chi connectivity index (χ2v) is 5.40. The molecule has 0 aliphatic carbocycles. The molecule has 1 aromatic carbocycles. The van der Waals surface area contributed by atoms with E-state index in [-0.39, 0.29) is 0 Å². The lowest BCUT2D eigenvalue weighted by Crippen LogP contribution is -2.10. The topological polar surface area (TPSA) is 3.24 Å². The van der Waals surface area contributed by atoms with Crippen LogP contribution in [-0.2, 0) is 6.42 Å². The molecule has 18 heavy (non-hydrogen) atoms. The molecule has 0 saturated carbocycles. The van der Waals surface area contributed by atoms with E-state index in [1.807, 2.05) is 0 Å². The molecule has 0 unspecified atom stereocenters. The highest BCUT2D eigenvalue weighted by Crippen LogP contribution is 2.16. The van der Waals surface area contributed by atoms with E-state index in [1.54, 1.807) is 0 Å². The minimum Gasteiger partial charge on any atom is -0.306 e. The fourth-order valence-electron chi connectivity index (χ4n) is 1.77. The zero-order valence-electron chi connectivity index (χ0n) is 12.1. The first-order valence-corrected chi connectivity index (χ1v) is 6.57. The van der Waals surface area contributed by atoms with Crippen molar-refractivity contribution in [1.82, 2.24) is 4.90 Å². The third kappa shape index (κ3) is 5.33. The normalized spacial score (nSPS) is 11.7. The molecular formula is C17H25N. The van der Waals surface area contributed by atoms with Gasteiger partial charge >= 0.3 is 0 Å². The highest BCUT2D eigenvalue weighted by atomic mass is 15.0. The van der Waals surface area contributed by atoms with Gasteiger partial charge in [-0.25, -0.2) is 0 Å². The molecule has 0 atom stereocenters. The van der Waals surface area contributed by atoms with Crippen molar-refractivity contribution in [2.24, 2.45) is 0 Å². The molecule has 0 N–H and O–H groups in total. The quantitative estimate of drug-likeness (QED) is 0.682. The highest BCUT2D eigenvalue weighted by molar-refractivity contribution is 5.30. The first-order valence-electron chi connectivity index (χ1n) is 6.57. The van der Waals surface area contributed by atoms with E-state index in [9.17, 15) is 0 Å². The fourth-order valence-corrected chi connectivity index (χ4v) is 1.77. The summed E-state index contributed by atoms with van der Waals surface area (Å²) in [6.07, 6.45) is 5.21. The van der Waals surface area contributed by atoms with Crippen LogP contribution in [0.5, 0.6) is 0 Å². The van der Waals surface area contributed by atoms with Crippen LogP contribution >= 0.6 is 0 Å². The third-order valence-corrected chi connectivity index (χ3v) is 2.90. The van der Waals surface area contributed by atoms with Gasteiger partial charge in [0.2, 0.25) is 0 Å². The first-order chi connectivity index (χ1) is 8.49. The molecule has 1 rings (SSSR count). The van der Waals surface area contributed by atoms with Gasteiger partial charge < -0.3 is 4.90 Å². The maximum Gasteiger partial charge on any atom is 0.0160 e. The van der Waals surface area contributed by atoms with E-state index in [0.29, 0.717) is 5.92 Å². The molecule has 0 heterocycles. The molecule has 0 amide bonds. The van der Waals surface area contributed by atoms with E-state index in [0.717, 1.165) is 18.5 Å². The molecule has 0 radical (unpaired) electrons. The van der Waals surface area contributed by atoms with Crippen molar-refractivity contribution >= 4 is 0 Å². The van der Waals surface area contributed by atoms with Gasteiger partial charge in [-0.3, -0.25) is 0 Å². The Morgan fingerprint density at radius 1 is 1.22 bits per heavy atom. The van der Waals surface area contributed by atoms with Gasteiger partial charge in [0.15, 0.2) is 0 Å². The summed E-state index contributed by atoms with van der Waals surface area (Å²) in [4.78, 5) is 2.14. The van der Waals surface area contributed by atoms with Crippen LogP contribution in [0.25, 0.3) is 0 Å². The molecular weight excluding hydrogens is 218 g/mol. The van der Waals surface area contributed by atoms with Crippen molar-refractivity contribution in [3.05, 3.63) is 59.7 Å². The summed E-state index contributed by atoms with van der Waals surface area (Å²) in [5.74, 6) is 0.599. The second kappa shape index (κ2) is 7.17. The highest BCUT2D eigenvalue weighted by Gasteiger charge is 1.99. The van der Waals surface area contributed by atoms with Crippen LogP contribution in [0.3, 0.4) is 0 Å². The minimum absolute atomic E-state index is 0.599. The number of nitrogens with zero attached hydrogens (tertiary/aromatic N) is 1. The van der Waals surface area contributed by atoms with Gasteiger partial charge in [0.25, 0.3) is 0 Å². The lowest BCUT2D eigenvalue weighted by Gasteiger charge is -2.07. The molecule has 0 aromatic heterocycles. The SMILES string of the molecule is C=C(/C=C/CN(C)C)Cc1ccc(C(C)C)cc1. The van der Waals surface area contributed by atoms with Gasteiger partial charge in [0, 0.05) is 6.54 Å². The Labute approximate surface area is 112 Å². The average Bonchev–Trinajstić information content (AvgIpc) is 2.29. The molecule has 0 aliphatic rings. The number of hydrogen-bond donors (Lipinski definition) is 0. The second-order valence-electron chi connectivity index (χ2n) is 5.40. The lowest BCUT2D eigenvalue weighted by molar-refractivity contribution is 0.456. The first kappa shape index (κ1) is 14.7. The smallest absolute Gasteiger partial charge is 0.0160 e. The van der Waals surface area contributed by atoms with Crippen molar-refractivity contribution in [3.63, 3.8) is 0 Å². The number of rotatable bonds is 6. The van der Waals surface area contributed by atoms with Gasteiger partial charge in [-0.05, 0) is 37.6 Å². The standard InChI is InChI=1S/C17H25N/c1-14(2)17-10-8-16(9-11-17)13-15(3)7-6-12-18(4)5/h6-11,14H,3,12-13H2,1-2,4-5H3/b7-6+. The fraction of sp³-hybridized carbons (Fsp3) is 0.412. The van der Waals surface area contributed by atoms with Crippen molar-refractivity contribution < 1.29 is 0 Å². The predicted octanol–water partition coefficient (Wildman–Crippen LogP) is 4.03. The Morgan fingerprint density at radius 2 is 1.83 bits per heavy atom. The molecule has 0 aliphatic heterocycles. The van der Waals surface area contributed by atoms with Gasteiger partial charge in [0.1, 0.15) is 0 Å². The molecule has 1 heteroatoms. The van der Waals surface area contributed by atoms with Gasteiger partial charge in [0.05, 0.1) is 0 Å². The van der Waals surface area contributed by atoms with Crippen molar-refractivity contribution in [2.45, 2.75) is 26.2 Å². The Bertz CT molecular complexity index is 396. The summed E-state index contributed by atoms with van der Waals surface area (Å²) >= 11 is 0. The number of hydrogen-bond acceptors (Lipinski definition) is 1. The summed E-state index contributed by atoms with van der Waals surface area (Å²) in [7, 11) is 4.13. The molecule has 0 fully saturated rings. The van der Waals surface area contributed by atoms with E-state index < -0.39 is 0 Å². The molecule has 1 aromatic rings.